The minimum Gasteiger partial charge on any atom is -0.497 e. The number of nitrogens with zero attached hydrogens (tertiary/aromatic N) is 2. The zero-order valence-electron chi connectivity index (χ0n) is 20.9. The second-order valence-corrected chi connectivity index (χ2v) is 9.30. The Balaban J connectivity index is 1.95. The number of hydrogen-bond donors (Lipinski definition) is 2. The van der Waals surface area contributed by atoms with Crippen LogP contribution in [0.2, 0.25) is 0 Å². The minimum absolute atomic E-state index is 0.0893. The zero-order chi connectivity index (χ0) is 24.9. The summed E-state index contributed by atoms with van der Waals surface area (Å²) in [6, 6.07) is 13.5. The first kappa shape index (κ1) is 25.4. The second-order valence-electron chi connectivity index (χ2n) is 9.30. The molecule has 0 unspecified atom stereocenters. The van der Waals surface area contributed by atoms with Crippen LogP contribution < -0.4 is 15.0 Å². The first-order chi connectivity index (χ1) is 16.2. The van der Waals surface area contributed by atoms with Gasteiger partial charge in [-0.2, -0.15) is 0 Å². The second kappa shape index (κ2) is 10.8. The molecule has 1 aliphatic rings. The molecular formula is C27H37N3O4. The summed E-state index contributed by atoms with van der Waals surface area (Å²) in [5.41, 5.74) is 2.64. The van der Waals surface area contributed by atoms with Gasteiger partial charge in [0.15, 0.2) is 0 Å². The van der Waals surface area contributed by atoms with E-state index in [0.717, 1.165) is 35.7 Å². The maximum Gasteiger partial charge on any atom is 0.408 e. The van der Waals surface area contributed by atoms with Crippen LogP contribution in [0.5, 0.6) is 5.75 Å². The highest BCUT2D eigenvalue weighted by atomic mass is 16.5. The van der Waals surface area contributed by atoms with Crippen molar-refractivity contribution in [3.8, 4) is 5.75 Å². The van der Waals surface area contributed by atoms with Crippen molar-refractivity contribution in [2.24, 2.45) is 5.92 Å². The number of carboxylic acid groups (broad SMARTS) is 1. The average Bonchev–Trinajstić information content (AvgIpc) is 2.83. The Morgan fingerprint density at radius 2 is 1.76 bits per heavy atom. The summed E-state index contributed by atoms with van der Waals surface area (Å²) in [6.45, 7) is 10.2. The fourth-order valence-corrected chi connectivity index (χ4v) is 4.82. The van der Waals surface area contributed by atoms with E-state index < -0.39 is 11.6 Å². The fraction of sp³-hybridized carbons (Fsp3) is 0.481. The van der Waals surface area contributed by atoms with E-state index in [1.54, 1.807) is 7.11 Å². The summed E-state index contributed by atoms with van der Waals surface area (Å²) in [4.78, 5) is 29.8. The monoisotopic (exact) mass is 467 g/mol. The normalized spacial score (nSPS) is 17.1. The van der Waals surface area contributed by atoms with Crippen molar-refractivity contribution in [3.63, 3.8) is 0 Å². The average molecular weight is 468 g/mol. The Morgan fingerprint density at radius 1 is 1.09 bits per heavy atom. The van der Waals surface area contributed by atoms with Crippen LogP contribution >= 0.6 is 0 Å². The standard InChI is InChI=1S/C27H37N3O4/c1-6-29(7-2)23-11-9-22(10-12-23)28-25(31)27(30(26(32)33)18-19(3)4)15-14-20-16-24(34-5)13-8-21(20)17-27/h8-13,16,19H,6-7,14-15,17-18H2,1-5H3,(H,28,31)(H,32,33)/t27-/m0/s1. The van der Waals surface area contributed by atoms with Gasteiger partial charge in [0.1, 0.15) is 11.3 Å². The molecule has 3 rings (SSSR count). The molecule has 34 heavy (non-hydrogen) atoms. The quantitative estimate of drug-likeness (QED) is 0.540. The summed E-state index contributed by atoms with van der Waals surface area (Å²) in [7, 11) is 1.63. The molecular weight excluding hydrogens is 430 g/mol. The van der Waals surface area contributed by atoms with Crippen LogP contribution in [0.15, 0.2) is 42.5 Å². The van der Waals surface area contributed by atoms with Crippen LogP contribution in [0.25, 0.3) is 0 Å². The van der Waals surface area contributed by atoms with E-state index in [1.165, 1.54) is 4.90 Å². The maximum atomic E-state index is 13.8. The number of hydrogen-bond acceptors (Lipinski definition) is 4. The van der Waals surface area contributed by atoms with E-state index in [4.69, 9.17) is 4.74 Å². The molecule has 1 atom stereocenters. The molecule has 7 nitrogen and oxygen atoms in total. The van der Waals surface area contributed by atoms with Crippen LogP contribution in [0, 0.1) is 5.92 Å². The van der Waals surface area contributed by atoms with E-state index >= 15 is 0 Å². The molecule has 0 bridgehead atoms. The van der Waals surface area contributed by atoms with Gasteiger partial charge in [0.25, 0.3) is 5.91 Å². The third-order valence-corrected chi connectivity index (χ3v) is 6.68. The summed E-state index contributed by atoms with van der Waals surface area (Å²) in [5, 5.41) is 13.2. The van der Waals surface area contributed by atoms with E-state index in [9.17, 15) is 14.7 Å². The number of aryl methyl sites for hydroxylation is 1. The van der Waals surface area contributed by atoms with Crippen molar-refractivity contribution in [2.75, 3.05) is 37.0 Å². The number of anilines is 2. The van der Waals surface area contributed by atoms with Gasteiger partial charge in [-0.3, -0.25) is 9.69 Å². The fourth-order valence-electron chi connectivity index (χ4n) is 4.82. The van der Waals surface area contributed by atoms with Crippen molar-refractivity contribution in [1.82, 2.24) is 4.90 Å². The van der Waals surface area contributed by atoms with Crippen molar-refractivity contribution < 1.29 is 19.4 Å². The minimum atomic E-state index is -1.19. The van der Waals surface area contributed by atoms with Gasteiger partial charge in [0, 0.05) is 37.4 Å². The largest absolute Gasteiger partial charge is 0.497 e. The van der Waals surface area contributed by atoms with Gasteiger partial charge in [0.2, 0.25) is 0 Å². The smallest absolute Gasteiger partial charge is 0.408 e. The van der Waals surface area contributed by atoms with Gasteiger partial charge >= 0.3 is 6.09 Å². The molecule has 2 amide bonds. The Bertz CT molecular complexity index is 1000. The van der Waals surface area contributed by atoms with Crippen LogP contribution in [0.3, 0.4) is 0 Å². The van der Waals surface area contributed by atoms with Crippen molar-refractivity contribution in [3.05, 3.63) is 53.6 Å². The number of fused-ring (bicyclic) bond motifs is 1. The van der Waals surface area contributed by atoms with Crippen molar-refractivity contribution >= 4 is 23.4 Å². The lowest BCUT2D eigenvalue weighted by atomic mass is 9.75. The van der Waals surface area contributed by atoms with E-state index in [0.29, 0.717) is 24.9 Å². The molecule has 2 aromatic carbocycles. The summed E-state index contributed by atoms with van der Waals surface area (Å²) in [6.07, 6.45) is 0.269. The van der Waals surface area contributed by atoms with Crippen LogP contribution in [0.1, 0.15) is 45.2 Å². The molecule has 184 valence electrons. The number of rotatable bonds is 9. The lowest BCUT2D eigenvalue weighted by molar-refractivity contribution is -0.128. The Kier molecular flexibility index (Phi) is 8.07. The predicted octanol–water partition coefficient (Wildman–Crippen LogP) is 5.04. The molecule has 0 spiro atoms. The number of nitrogens with one attached hydrogen (secondary N) is 1. The predicted molar refractivity (Wildman–Crippen MR) is 136 cm³/mol. The lowest BCUT2D eigenvalue weighted by Crippen LogP contribution is -2.62. The number of amides is 2. The molecule has 2 aromatic rings. The van der Waals surface area contributed by atoms with E-state index in [2.05, 4.69) is 24.1 Å². The highest BCUT2D eigenvalue weighted by Crippen LogP contribution is 2.37. The van der Waals surface area contributed by atoms with E-state index in [-0.39, 0.29) is 18.4 Å². The third-order valence-electron chi connectivity index (χ3n) is 6.68. The Labute approximate surface area is 202 Å². The van der Waals surface area contributed by atoms with Crippen LogP contribution in [0.4, 0.5) is 16.2 Å². The maximum absolute atomic E-state index is 13.8. The van der Waals surface area contributed by atoms with Crippen molar-refractivity contribution in [1.29, 1.82) is 0 Å². The van der Waals surface area contributed by atoms with Crippen molar-refractivity contribution in [2.45, 2.75) is 52.5 Å². The molecule has 1 aliphatic carbocycles. The zero-order valence-corrected chi connectivity index (χ0v) is 20.9. The highest BCUT2D eigenvalue weighted by molar-refractivity contribution is 6.00. The van der Waals surface area contributed by atoms with Gasteiger partial charge in [0.05, 0.1) is 7.11 Å². The first-order valence-electron chi connectivity index (χ1n) is 12.1. The van der Waals surface area contributed by atoms with Crippen LogP contribution in [-0.2, 0) is 17.6 Å². The first-order valence-corrected chi connectivity index (χ1v) is 12.1. The molecule has 0 heterocycles. The number of methoxy groups -OCH3 is 1. The molecule has 0 saturated heterocycles. The van der Waals surface area contributed by atoms with Gasteiger partial charge < -0.3 is 20.1 Å². The summed E-state index contributed by atoms with van der Waals surface area (Å²) < 4.78 is 5.35. The summed E-state index contributed by atoms with van der Waals surface area (Å²) >= 11 is 0. The molecule has 7 heteroatoms. The van der Waals surface area contributed by atoms with E-state index in [1.807, 2.05) is 56.3 Å². The van der Waals surface area contributed by atoms with Gasteiger partial charge in [-0.15, -0.1) is 0 Å². The van der Waals surface area contributed by atoms with Crippen LogP contribution in [-0.4, -0.2) is 54.3 Å². The SMILES string of the molecule is CCN(CC)c1ccc(NC(=O)[C@]2(N(CC(C)C)C(=O)O)CCc3cc(OC)ccc3C2)cc1. The van der Waals surface area contributed by atoms with Gasteiger partial charge in [-0.1, -0.05) is 19.9 Å². The Hall–Kier alpha value is -3.22. The molecule has 0 saturated carbocycles. The van der Waals surface area contributed by atoms with Gasteiger partial charge in [-0.05, 0) is 80.1 Å². The third kappa shape index (κ3) is 5.29. The molecule has 2 N–H and O–H groups in total. The van der Waals surface area contributed by atoms with Gasteiger partial charge in [-0.25, -0.2) is 4.79 Å². The lowest BCUT2D eigenvalue weighted by Gasteiger charge is -2.44. The molecule has 0 radical (unpaired) electrons. The molecule has 0 fully saturated rings. The number of ether oxygens (including phenoxy) is 1. The summed E-state index contributed by atoms with van der Waals surface area (Å²) in [5.74, 6) is 0.570. The Morgan fingerprint density at radius 3 is 2.32 bits per heavy atom. The number of carbonyl (C=O) groups is 2. The topological polar surface area (TPSA) is 82.1 Å². The number of benzene rings is 2. The number of carbonyl (C=O) groups excluding carboxylic acids is 1. The molecule has 0 aromatic heterocycles. The highest BCUT2D eigenvalue weighted by Gasteiger charge is 2.48. The molecule has 0 aliphatic heterocycles.